The lowest BCUT2D eigenvalue weighted by Gasteiger charge is -2.37. The fourth-order valence-corrected chi connectivity index (χ4v) is 0.755. The molecule has 0 N–H and O–H groups in total. The molecule has 1 unspecified atom stereocenters. The van der Waals surface area contributed by atoms with Gasteiger partial charge in [0.2, 0.25) is 0 Å². The molecule has 15 heavy (non-hydrogen) atoms. The summed E-state index contributed by atoms with van der Waals surface area (Å²) < 4.78 is 19.6. The molecule has 2 heteroatoms. The van der Waals surface area contributed by atoms with Crippen LogP contribution in [0.25, 0.3) is 0 Å². The molecule has 0 rings (SSSR count). The highest BCUT2D eigenvalue weighted by Gasteiger charge is 2.38. The average molecular weight is 218 g/mol. The van der Waals surface area contributed by atoms with E-state index in [-0.39, 0.29) is 11.5 Å². The van der Waals surface area contributed by atoms with E-state index >= 15 is 0 Å². The maximum atomic E-state index is 13.8. The highest BCUT2D eigenvalue weighted by Crippen LogP contribution is 2.35. The summed E-state index contributed by atoms with van der Waals surface area (Å²) in [5.74, 6) is 0. The van der Waals surface area contributed by atoms with Crippen LogP contribution in [0.3, 0.4) is 0 Å². The van der Waals surface area contributed by atoms with Crippen molar-refractivity contribution in [3.05, 3.63) is 0 Å². The van der Waals surface area contributed by atoms with Gasteiger partial charge in [-0.3, -0.25) is 0 Å². The maximum Gasteiger partial charge on any atom is 0.112 e. The van der Waals surface area contributed by atoms with Gasteiger partial charge in [-0.2, -0.15) is 0 Å². The minimum Gasteiger partial charge on any atom is -0.377 e. The molecule has 0 amide bonds. The Morgan fingerprint density at radius 1 is 1.00 bits per heavy atom. The van der Waals surface area contributed by atoms with E-state index in [4.69, 9.17) is 4.74 Å². The number of hydrogen-bond donors (Lipinski definition) is 0. The van der Waals surface area contributed by atoms with Crippen LogP contribution in [-0.4, -0.2) is 18.4 Å². The molecule has 1 nitrogen and oxygen atoms in total. The third kappa shape index (κ3) is 4.50. The van der Waals surface area contributed by atoms with Crippen LogP contribution < -0.4 is 0 Å². The fraction of sp³-hybridized carbons (Fsp3) is 1.00. The molecule has 0 saturated carbocycles. The number of ether oxygens (including phenoxy) is 1. The second kappa shape index (κ2) is 4.40. The summed E-state index contributed by atoms with van der Waals surface area (Å²) in [6.45, 7) is 15.9. The molecule has 0 saturated heterocycles. The smallest absolute Gasteiger partial charge is 0.112 e. The Bertz CT molecular complexity index is 196. The number of hydrogen-bond acceptors (Lipinski definition) is 1. The second-order valence-corrected chi connectivity index (χ2v) is 6.68. The van der Waals surface area contributed by atoms with Gasteiger partial charge in [0.15, 0.2) is 0 Å². The lowest BCUT2D eigenvalue weighted by Crippen LogP contribution is -2.41. The first kappa shape index (κ1) is 14.9. The topological polar surface area (TPSA) is 9.23 Å². The normalized spacial score (nSPS) is 16.6. The number of rotatable bonds is 4. The highest BCUT2D eigenvalue weighted by atomic mass is 19.1. The minimum atomic E-state index is -1.22. The molecule has 0 aromatic rings. The van der Waals surface area contributed by atoms with Gasteiger partial charge in [-0.1, -0.05) is 34.6 Å². The van der Waals surface area contributed by atoms with E-state index in [1.54, 1.807) is 13.8 Å². The lowest BCUT2D eigenvalue weighted by atomic mass is 9.79. The molecular formula is C13H27FO. The van der Waals surface area contributed by atoms with E-state index in [1.807, 2.05) is 20.8 Å². The Labute approximate surface area is 94.4 Å². The third-order valence-electron chi connectivity index (χ3n) is 3.52. The first-order valence-corrected chi connectivity index (χ1v) is 5.68. The van der Waals surface area contributed by atoms with Crippen LogP contribution in [0, 0.1) is 10.8 Å². The Morgan fingerprint density at radius 3 is 1.67 bits per heavy atom. The van der Waals surface area contributed by atoms with Gasteiger partial charge in [0.25, 0.3) is 0 Å². The summed E-state index contributed by atoms with van der Waals surface area (Å²) in [7, 11) is 0. The first-order valence-electron chi connectivity index (χ1n) is 5.68. The zero-order valence-corrected chi connectivity index (χ0v) is 11.6. The largest absolute Gasteiger partial charge is 0.377 e. The van der Waals surface area contributed by atoms with Gasteiger partial charge in [0.1, 0.15) is 5.67 Å². The van der Waals surface area contributed by atoms with E-state index in [2.05, 4.69) is 20.8 Å². The quantitative estimate of drug-likeness (QED) is 0.686. The molecule has 0 aromatic heterocycles. The SMILES string of the molecule is CC(OCC(C)(C)C(C)(C)F)C(C)(C)C. The van der Waals surface area contributed by atoms with E-state index in [0.29, 0.717) is 6.61 Å². The van der Waals surface area contributed by atoms with Crippen molar-refractivity contribution in [2.45, 2.75) is 67.2 Å². The Balaban J connectivity index is 4.29. The van der Waals surface area contributed by atoms with Crippen molar-refractivity contribution in [2.24, 2.45) is 10.8 Å². The summed E-state index contributed by atoms with van der Waals surface area (Å²) in [4.78, 5) is 0. The van der Waals surface area contributed by atoms with Crippen molar-refractivity contribution < 1.29 is 9.13 Å². The van der Waals surface area contributed by atoms with E-state index in [0.717, 1.165) is 0 Å². The molecule has 0 aliphatic rings. The molecule has 0 bridgehead atoms. The molecule has 1 atom stereocenters. The van der Waals surface area contributed by atoms with Crippen LogP contribution in [0.15, 0.2) is 0 Å². The van der Waals surface area contributed by atoms with Gasteiger partial charge < -0.3 is 4.74 Å². The van der Waals surface area contributed by atoms with E-state index in [9.17, 15) is 4.39 Å². The van der Waals surface area contributed by atoms with Crippen LogP contribution >= 0.6 is 0 Å². The standard InChI is InChI=1S/C13H27FO/c1-10(11(2,3)4)15-9-12(5,6)13(7,8)14/h10H,9H2,1-8H3. The molecular weight excluding hydrogens is 191 g/mol. The van der Waals surface area contributed by atoms with Crippen molar-refractivity contribution in [2.75, 3.05) is 6.61 Å². The molecule has 0 aliphatic carbocycles. The van der Waals surface area contributed by atoms with Gasteiger partial charge in [-0.25, -0.2) is 4.39 Å². The Hall–Kier alpha value is -0.110. The average Bonchev–Trinajstić information content (AvgIpc) is 1.96. The summed E-state index contributed by atoms with van der Waals surface area (Å²) in [5, 5.41) is 0. The Kier molecular flexibility index (Phi) is 4.37. The fourth-order valence-electron chi connectivity index (χ4n) is 0.755. The second-order valence-electron chi connectivity index (χ2n) is 6.68. The third-order valence-corrected chi connectivity index (χ3v) is 3.52. The van der Waals surface area contributed by atoms with Crippen molar-refractivity contribution in [3.8, 4) is 0 Å². The van der Waals surface area contributed by atoms with E-state index in [1.165, 1.54) is 0 Å². The predicted octanol–water partition coefficient (Wildman–Crippen LogP) is 4.21. The molecule has 0 spiro atoms. The van der Waals surface area contributed by atoms with Crippen molar-refractivity contribution in [3.63, 3.8) is 0 Å². The van der Waals surface area contributed by atoms with Crippen LogP contribution in [0.1, 0.15) is 55.4 Å². The minimum absolute atomic E-state index is 0.108. The summed E-state index contributed by atoms with van der Waals surface area (Å²) >= 11 is 0. The molecule has 0 fully saturated rings. The zero-order valence-electron chi connectivity index (χ0n) is 11.6. The van der Waals surface area contributed by atoms with Crippen LogP contribution in [0.4, 0.5) is 4.39 Å². The molecule has 0 aromatic carbocycles. The van der Waals surface area contributed by atoms with Gasteiger partial charge in [0, 0.05) is 5.41 Å². The predicted molar refractivity (Wildman–Crippen MR) is 63.8 cm³/mol. The van der Waals surface area contributed by atoms with Gasteiger partial charge >= 0.3 is 0 Å². The lowest BCUT2D eigenvalue weighted by molar-refractivity contribution is -0.0817. The van der Waals surface area contributed by atoms with Gasteiger partial charge in [0.05, 0.1) is 12.7 Å². The van der Waals surface area contributed by atoms with Gasteiger partial charge in [-0.05, 0) is 26.2 Å². The number of halogens is 1. The zero-order chi connectivity index (χ0) is 12.5. The summed E-state index contributed by atoms with van der Waals surface area (Å²) in [5.41, 5.74) is -1.56. The first-order chi connectivity index (χ1) is 6.38. The summed E-state index contributed by atoms with van der Waals surface area (Å²) in [6, 6.07) is 0. The summed E-state index contributed by atoms with van der Waals surface area (Å²) in [6.07, 6.45) is 0.138. The molecule has 0 heterocycles. The monoisotopic (exact) mass is 218 g/mol. The number of alkyl halides is 1. The maximum absolute atomic E-state index is 13.8. The van der Waals surface area contributed by atoms with Crippen molar-refractivity contribution in [1.82, 2.24) is 0 Å². The highest BCUT2D eigenvalue weighted by molar-refractivity contribution is 4.86. The van der Waals surface area contributed by atoms with Crippen molar-refractivity contribution >= 4 is 0 Å². The Morgan fingerprint density at radius 2 is 1.40 bits per heavy atom. The molecule has 0 aliphatic heterocycles. The van der Waals surface area contributed by atoms with E-state index < -0.39 is 11.1 Å². The van der Waals surface area contributed by atoms with Crippen LogP contribution in [0.5, 0.6) is 0 Å². The van der Waals surface area contributed by atoms with Crippen LogP contribution in [0.2, 0.25) is 0 Å². The molecule has 0 radical (unpaired) electrons. The van der Waals surface area contributed by atoms with Crippen molar-refractivity contribution in [1.29, 1.82) is 0 Å². The van der Waals surface area contributed by atoms with Crippen LogP contribution in [-0.2, 0) is 4.74 Å². The molecule has 92 valence electrons. The van der Waals surface area contributed by atoms with Gasteiger partial charge in [-0.15, -0.1) is 0 Å².